The standard InChI is InChI=1S/C12H7BrF3NO2S/c13-7-1-3-8(4-2-7)20(18,19)17-10-6-5-9(14)11(15)12(10)16/h1-6,17H. The van der Waals surface area contributed by atoms with Crippen LogP contribution in [0.25, 0.3) is 0 Å². The van der Waals surface area contributed by atoms with Crippen molar-refractivity contribution < 1.29 is 21.6 Å². The zero-order valence-corrected chi connectivity index (χ0v) is 12.1. The average Bonchev–Trinajstić information content (AvgIpc) is 2.40. The second-order valence-corrected chi connectivity index (χ2v) is 6.38. The van der Waals surface area contributed by atoms with E-state index in [2.05, 4.69) is 15.9 Å². The first-order valence-electron chi connectivity index (χ1n) is 5.23. The van der Waals surface area contributed by atoms with Crippen molar-refractivity contribution in [3.8, 4) is 0 Å². The number of hydrogen-bond donors (Lipinski definition) is 1. The molecular formula is C12H7BrF3NO2S. The summed E-state index contributed by atoms with van der Waals surface area (Å²) in [5, 5.41) is 0. The minimum atomic E-state index is -4.08. The van der Waals surface area contributed by atoms with E-state index < -0.39 is 33.2 Å². The van der Waals surface area contributed by atoms with Crippen LogP contribution in [0.3, 0.4) is 0 Å². The normalized spacial score (nSPS) is 11.4. The van der Waals surface area contributed by atoms with E-state index in [4.69, 9.17) is 0 Å². The fourth-order valence-electron chi connectivity index (χ4n) is 1.42. The average molecular weight is 366 g/mol. The van der Waals surface area contributed by atoms with Crippen molar-refractivity contribution in [3.63, 3.8) is 0 Å². The van der Waals surface area contributed by atoms with Gasteiger partial charge in [-0.05, 0) is 36.4 Å². The van der Waals surface area contributed by atoms with Gasteiger partial charge in [-0.25, -0.2) is 21.6 Å². The monoisotopic (exact) mass is 365 g/mol. The lowest BCUT2D eigenvalue weighted by Gasteiger charge is -2.09. The summed E-state index contributed by atoms with van der Waals surface area (Å²) in [5.41, 5.74) is -0.660. The molecule has 0 saturated carbocycles. The van der Waals surface area contributed by atoms with E-state index in [0.717, 1.165) is 6.07 Å². The maximum atomic E-state index is 13.4. The van der Waals surface area contributed by atoms with Gasteiger partial charge in [-0.3, -0.25) is 4.72 Å². The molecule has 0 aliphatic heterocycles. The summed E-state index contributed by atoms with van der Waals surface area (Å²) in [6, 6.07) is 6.97. The predicted octanol–water partition coefficient (Wildman–Crippen LogP) is 3.67. The van der Waals surface area contributed by atoms with Crippen molar-refractivity contribution in [2.24, 2.45) is 0 Å². The zero-order chi connectivity index (χ0) is 14.9. The van der Waals surface area contributed by atoms with Crippen molar-refractivity contribution in [2.75, 3.05) is 4.72 Å². The van der Waals surface area contributed by atoms with Crippen LogP contribution >= 0.6 is 15.9 Å². The third-order valence-electron chi connectivity index (χ3n) is 2.40. The van der Waals surface area contributed by atoms with Gasteiger partial charge in [-0.1, -0.05) is 15.9 Å². The Balaban J connectivity index is 2.38. The highest BCUT2D eigenvalue weighted by molar-refractivity contribution is 9.10. The van der Waals surface area contributed by atoms with Crippen LogP contribution in [0.4, 0.5) is 18.9 Å². The van der Waals surface area contributed by atoms with E-state index >= 15 is 0 Å². The maximum absolute atomic E-state index is 13.4. The summed E-state index contributed by atoms with van der Waals surface area (Å²) in [6.45, 7) is 0. The molecule has 0 heterocycles. The van der Waals surface area contributed by atoms with Crippen molar-refractivity contribution >= 4 is 31.6 Å². The van der Waals surface area contributed by atoms with Gasteiger partial charge in [0.1, 0.15) is 0 Å². The van der Waals surface area contributed by atoms with E-state index in [1.165, 1.54) is 24.3 Å². The topological polar surface area (TPSA) is 46.2 Å². The SMILES string of the molecule is O=S(=O)(Nc1ccc(F)c(F)c1F)c1ccc(Br)cc1. The molecule has 0 aliphatic carbocycles. The van der Waals surface area contributed by atoms with Crippen LogP contribution in [0.15, 0.2) is 45.8 Å². The van der Waals surface area contributed by atoms with Gasteiger partial charge < -0.3 is 0 Å². The number of rotatable bonds is 3. The molecule has 0 atom stereocenters. The first kappa shape index (κ1) is 14.9. The van der Waals surface area contributed by atoms with Crippen molar-refractivity contribution in [1.82, 2.24) is 0 Å². The molecule has 106 valence electrons. The third kappa shape index (κ3) is 2.96. The summed E-state index contributed by atoms with van der Waals surface area (Å²) < 4.78 is 65.6. The van der Waals surface area contributed by atoms with Crippen LogP contribution in [0.1, 0.15) is 0 Å². The maximum Gasteiger partial charge on any atom is 0.261 e. The molecular weight excluding hydrogens is 359 g/mol. The number of benzene rings is 2. The summed E-state index contributed by atoms with van der Waals surface area (Å²) in [7, 11) is -4.08. The number of hydrogen-bond acceptors (Lipinski definition) is 2. The van der Waals surface area contributed by atoms with Gasteiger partial charge in [-0.2, -0.15) is 0 Å². The summed E-state index contributed by atoms with van der Waals surface area (Å²) in [5.74, 6) is -4.72. The largest absolute Gasteiger partial charge is 0.277 e. The Bertz CT molecular complexity index is 748. The van der Waals surface area contributed by atoms with E-state index in [1.807, 2.05) is 4.72 Å². The Morgan fingerprint density at radius 2 is 1.50 bits per heavy atom. The van der Waals surface area contributed by atoms with Crippen LogP contribution in [-0.2, 0) is 10.0 Å². The van der Waals surface area contributed by atoms with Gasteiger partial charge in [-0.15, -0.1) is 0 Å². The van der Waals surface area contributed by atoms with Gasteiger partial charge in [0.25, 0.3) is 10.0 Å². The number of nitrogens with one attached hydrogen (secondary N) is 1. The minimum absolute atomic E-state index is 0.134. The molecule has 0 aromatic heterocycles. The smallest absolute Gasteiger partial charge is 0.261 e. The van der Waals surface area contributed by atoms with Crippen LogP contribution < -0.4 is 4.72 Å². The van der Waals surface area contributed by atoms with E-state index in [1.54, 1.807) is 0 Å². The molecule has 0 amide bonds. The summed E-state index contributed by atoms with van der Waals surface area (Å²) in [6.07, 6.45) is 0. The highest BCUT2D eigenvalue weighted by Gasteiger charge is 2.19. The lowest BCUT2D eigenvalue weighted by Crippen LogP contribution is -2.14. The lowest BCUT2D eigenvalue weighted by molar-refractivity contribution is 0.449. The molecule has 0 bridgehead atoms. The van der Waals surface area contributed by atoms with Crippen molar-refractivity contribution in [1.29, 1.82) is 0 Å². The van der Waals surface area contributed by atoms with Gasteiger partial charge in [0.2, 0.25) is 0 Å². The molecule has 1 N–H and O–H groups in total. The fraction of sp³-hybridized carbons (Fsp3) is 0. The molecule has 2 rings (SSSR count). The van der Waals surface area contributed by atoms with Crippen LogP contribution in [0, 0.1) is 17.5 Å². The number of anilines is 1. The summed E-state index contributed by atoms with van der Waals surface area (Å²) in [4.78, 5) is -0.134. The molecule has 2 aromatic carbocycles. The van der Waals surface area contributed by atoms with Crippen LogP contribution in [0.5, 0.6) is 0 Å². The zero-order valence-electron chi connectivity index (χ0n) is 9.70. The van der Waals surface area contributed by atoms with E-state index in [-0.39, 0.29) is 4.90 Å². The van der Waals surface area contributed by atoms with Crippen LogP contribution in [-0.4, -0.2) is 8.42 Å². The third-order valence-corrected chi connectivity index (χ3v) is 4.31. The Kier molecular flexibility index (Phi) is 4.05. The molecule has 0 spiro atoms. The minimum Gasteiger partial charge on any atom is -0.277 e. The Labute approximate surface area is 121 Å². The predicted molar refractivity (Wildman–Crippen MR) is 71.3 cm³/mol. The molecule has 8 heteroatoms. The fourth-order valence-corrected chi connectivity index (χ4v) is 2.75. The van der Waals surface area contributed by atoms with Crippen LogP contribution in [0.2, 0.25) is 0 Å². The molecule has 0 saturated heterocycles. The molecule has 3 nitrogen and oxygen atoms in total. The Hall–Kier alpha value is -1.54. The quantitative estimate of drug-likeness (QED) is 0.843. The molecule has 20 heavy (non-hydrogen) atoms. The molecule has 2 aromatic rings. The molecule has 0 radical (unpaired) electrons. The van der Waals surface area contributed by atoms with Crippen molar-refractivity contribution in [2.45, 2.75) is 4.90 Å². The van der Waals surface area contributed by atoms with Gasteiger partial charge >= 0.3 is 0 Å². The summed E-state index contributed by atoms with van der Waals surface area (Å²) >= 11 is 3.14. The number of sulfonamides is 1. The molecule has 0 unspecified atom stereocenters. The Morgan fingerprint density at radius 1 is 0.900 bits per heavy atom. The second kappa shape index (κ2) is 5.45. The first-order chi connectivity index (χ1) is 9.31. The first-order valence-corrected chi connectivity index (χ1v) is 7.51. The lowest BCUT2D eigenvalue weighted by atomic mass is 10.3. The van der Waals surface area contributed by atoms with Gasteiger partial charge in [0.15, 0.2) is 17.5 Å². The van der Waals surface area contributed by atoms with E-state index in [0.29, 0.717) is 10.5 Å². The number of halogens is 4. The molecule has 0 aliphatic rings. The van der Waals surface area contributed by atoms with Crippen molar-refractivity contribution in [3.05, 3.63) is 58.3 Å². The van der Waals surface area contributed by atoms with E-state index in [9.17, 15) is 21.6 Å². The van der Waals surface area contributed by atoms with Gasteiger partial charge in [0.05, 0.1) is 10.6 Å². The highest BCUT2D eigenvalue weighted by Crippen LogP contribution is 2.23. The highest BCUT2D eigenvalue weighted by atomic mass is 79.9. The van der Waals surface area contributed by atoms with Gasteiger partial charge in [0, 0.05) is 4.47 Å². The molecule has 0 fully saturated rings. The second-order valence-electron chi connectivity index (χ2n) is 3.78. The Morgan fingerprint density at radius 3 is 2.10 bits per heavy atom.